The summed E-state index contributed by atoms with van der Waals surface area (Å²) in [5.74, 6) is 0. The van der Waals surface area contributed by atoms with Crippen molar-refractivity contribution in [2.24, 2.45) is 0 Å². The van der Waals surface area contributed by atoms with Gasteiger partial charge in [-0.15, -0.1) is 0 Å². The minimum atomic E-state index is -4.11. The third-order valence-corrected chi connectivity index (χ3v) is 4.78. The van der Waals surface area contributed by atoms with Crippen LogP contribution in [-0.4, -0.2) is 53.2 Å². The van der Waals surface area contributed by atoms with E-state index in [1.807, 2.05) is 0 Å². The van der Waals surface area contributed by atoms with E-state index in [0.717, 1.165) is 16.4 Å². The molecule has 2 N–H and O–H groups in total. The van der Waals surface area contributed by atoms with Crippen molar-refractivity contribution in [3.05, 3.63) is 34.4 Å². The van der Waals surface area contributed by atoms with Crippen LogP contribution in [0.5, 0.6) is 0 Å². The van der Waals surface area contributed by atoms with E-state index in [9.17, 15) is 28.7 Å². The Morgan fingerprint density at radius 1 is 1.21 bits per heavy atom. The standard InChI is InChI=1S/C10H12N2O6S/c13-8-5-11(6-9(8)14)19(17,18)10-4-2-1-3-7(10)12(15)16/h1-4,8-9,13-14H,5-6H2/t8-,9+. The summed E-state index contributed by atoms with van der Waals surface area (Å²) in [6.45, 7) is -0.564. The molecule has 0 aliphatic carbocycles. The fourth-order valence-electron chi connectivity index (χ4n) is 1.90. The summed E-state index contributed by atoms with van der Waals surface area (Å²) < 4.78 is 25.3. The fourth-order valence-corrected chi connectivity index (χ4v) is 3.53. The highest BCUT2D eigenvalue weighted by molar-refractivity contribution is 7.89. The van der Waals surface area contributed by atoms with E-state index in [2.05, 4.69) is 0 Å². The first kappa shape index (κ1) is 13.9. The molecule has 0 amide bonds. The third-order valence-electron chi connectivity index (χ3n) is 2.91. The van der Waals surface area contributed by atoms with Gasteiger partial charge in [0.2, 0.25) is 10.0 Å². The number of hydrogen-bond acceptors (Lipinski definition) is 6. The number of aliphatic hydroxyl groups excluding tert-OH is 2. The van der Waals surface area contributed by atoms with Gasteiger partial charge < -0.3 is 10.2 Å². The lowest BCUT2D eigenvalue weighted by Gasteiger charge is -2.15. The Kier molecular flexibility index (Phi) is 3.54. The highest BCUT2D eigenvalue weighted by Crippen LogP contribution is 2.28. The maximum atomic E-state index is 12.3. The molecule has 2 rings (SSSR count). The van der Waals surface area contributed by atoms with Gasteiger partial charge in [-0.1, -0.05) is 12.1 Å². The monoisotopic (exact) mass is 288 g/mol. The van der Waals surface area contributed by atoms with Gasteiger partial charge in [-0.25, -0.2) is 8.42 Å². The Labute approximate surface area is 109 Å². The number of nitro groups is 1. The van der Waals surface area contributed by atoms with E-state index in [0.29, 0.717) is 0 Å². The van der Waals surface area contributed by atoms with Crippen molar-refractivity contribution in [3.63, 3.8) is 0 Å². The molecule has 1 fully saturated rings. The lowest BCUT2D eigenvalue weighted by Crippen LogP contribution is -2.30. The zero-order valence-electron chi connectivity index (χ0n) is 9.71. The Balaban J connectivity index is 2.44. The van der Waals surface area contributed by atoms with Crippen molar-refractivity contribution in [2.45, 2.75) is 17.1 Å². The molecule has 0 spiro atoms. The number of para-hydroxylation sites is 1. The summed E-state index contributed by atoms with van der Waals surface area (Å²) in [4.78, 5) is 9.61. The Morgan fingerprint density at radius 2 is 1.74 bits per heavy atom. The van der Waals surface area contributed by atoms with Crippen LogP contribution in [0, 0.1) is 10.1 Å². The average molecular weight is 288 g/mol. The van der Waals surface area contributed by atoms with E-state index in [1.54, 1.807) is 0 Å². The van der Waals surface area contributed by atoms with Gasteiger partial charge in [-0.2, -0.15) is 4.31 Å². The molecule has 1 saturated heterocycles. The van der Waals surface area contributed by atoms with Crippen LogP contribution >= 0.6 is 0 Å². The van der Waals surface area contributed by atoms with Gasteiger partial charge in [0.15, 0.2) is 4.90 Å². The summed E-state index contributed by atoms with van der Waals surface area (Å²) in [5.41, 5.74) is -0.529. The van der Waals surface area contributed by atoms with Gasteiger partial charge in [0, 0.05) is 19.2 Å². The molecule has 1 aliphatic heterocycles. The highest BCUT2D eigenvalue weighted by Gasteiger charge is 2.40. The highest BCUT2D eigenvalue weighted by atomic mass is 32.2. The summed E-state index contributed by atoms with van der Waals surface area (Å²) in [6, 6.07) is 4.97. The predicted molar refractivity (Wildman–Crippen MR) is 63.9 cm³/mol. The molecule has 1 heterocycles. The predicted octanol–water partition coefficient (Wildman–Crippen LogP) is -0.679. The molecule has 8 nitrogen and oxygen atoms in total. The maximum Gasteiger partial charge on any atom is 0.289 e. The molecular formula is C10H12N2O6S. The second kappa shape index (κ2) is 4.85. The lowest BCUT2D eigenvalue weighted by molar-refractivity contribution is -0.387. The normalized spacial score (nSPS) is 24.5. The molecule has 0 radical (unpaired) electrons. The number of aliphatic hydroxyl groups is 2. The smallest absolute Gasteiger partial charge is 0.289 e. The largest absolute Gasteiger partial charge is 0.389 e. The van der Waals surface area contributed by atoms with Crippen LogP contribution in [0.1, 0.15) is 0 Å². The van der Waals surface area contributed by atoms with Gasteiger partial charge >= 0.3 is 0 Å². The summed E-state index contributed by atoms with van der Waals surface area (Å²) in [7, 11) is -4.11. The second-order valence-electron chi connectivity index (χ2n) is 4.18. The number of rotatable bonds is 3. The van der Waals surface area contributed by atoms with Gasteiger partial charge in [-0.05, 0) is 6.07 Å². The minimum Gasteiger partial charge on any atom is -0.389 e. The van der Waals surface area contributed by atoms with Crippen LogP contribution in [-0.2, 0) is 10.0 Å². The summed E-state index contributed by atoms with van der Waals surface area (Å²) in [5, 5.41) is 29.6. The van der Waals surface area contributed by atoms with Crippen LogP contribution in [0.4, 0.5) is 5.69 Å². The van der Waals surface area contributed by atoms with E-state index in [4.69, 9.17) is 0 Å². The number of nitrogens with zero attached hydrogens (tertiary/aromatic N) is 2. The number of β-amino-alcohol motifs (C(OH)–C–C–N with tert-alkyl or cyclic N) is 2. The van der Waals surface area contributed by atoms with Crippen LogP contribution in [0.3, 0.4) is 0 Å². The first-order chi connectivity index (χ1) is 8.84. The molecule has 2 atom stereocenters. The Hall–Kier alpha value is -1.55. The molecule has 19 heavy (non-hydrogen) atoms. The van der Waals surface area contributed by atoms with Crippen molar-refractivity contribution >= 4 is 15.7 Å². The third kappa shape index (κ3) is 2.45. The van der Waals surface area contributed by atoms with E-state index in [-0.39, 0.29) is 13.1 Å². The van der Waals surface area contributed by atoms with Crippen LogP contribution in [0.15, 0.2) is 29.2 Å². The van der Waals surface area contributed by atoms with Crippen molar-refractivity contribution in [2.75, 3.05) is 13.1 Å². The fraction of sp³-hybridized carbons (Fsp3) is 0.400. The molecule has 9 heteroatoms. The first-order valence-electron chi connectivity index (χ1n) is 5.43. The minimum absolute atomic E-state index is 0.282. The van der Waals surface area contributed by atoms with Gasteiger partial charge in [0.1, 0.15) is 0 Å². The number of sulfonamides is 1. The zero-order chi connectivity index (χ0) is 14.2. The SMILES string of the molecule is O=[N+]([O-])c1ccccc1S(=O)(=O)N1C[C@@H](O)[C@@H](O)C1. The van der Waals surface area contributed by atoms with E-state index in [1.165, 1.54) is 12.1 Å². The molecule has 1 aliphatic rings. The quantitative estimate of drug-likeness (QED) is 0.561. The van der Waals surface area contributed by atoms with Gasteiger partial charge in [-0.3, -0.25) is 10.1 Å². The van der Waals surface area contributed by atoms with Crippen molar-refractivity contribution < 1.29 is 23.6 Å². The van der Waals surface area contributed by atoms with Gasteiger partial charge in [0.25, 0.3) is 5.69 Å². The van der Waals surface area contributed by atoms with Crippen molar-refractivity contribution in [3.8, 4) is 0 Å². The first-order valence-corrected chi connectivity index (χ1v) is 6.87. The summed E-state index contributed by atoms with van der Waals surface area (Å²) >= 11 is 0. The molecule has 104 valence electrons. The van der Waals surface area contributed by atoms with Crippen LogP contribution < -0.4 is 0 Å². The number of hydrogen-bond donors (Lipinski definition) is 2. The Bertz CT molecular complexity index is 592. The molecule has 1 aromatic carbocycles. The molecule has 0 aromatic heterocycles. The zero-order valence-corrected chi connectivity index (χ0v) is 10.5. The molecule has 1 aromatic rings. The lowest BCUT2D eigenvalue weighted by atomic mass is 10.3. The number of nitro benzene ring substituents is 1. The number of benzene rings is 1. The molecule has 0 unspecified atom stereocenters. The molecule has 0 bridgehead atoms. The van der Waals surface area contributed by atoms with Crippen LogP contribution in [0.25, 0.3) is 0 Å². The maximum absolute atomic E-state index is 12.3. The topological polar surface area (TPSA) is 121 Å². The average Bonchev–Trinajstić information content (AvgIpc) is 2.70. The molecular weight excluding hydrogens is 276 g/mol. The Morgan fingerprint density at radius 3 is 2.26 bits per heavy atom. The van der Waals surface area contributed by atoms with E-state index < -0.39 is 37.7 Å². The van der Waals surface area contributed by atoms with Crippen molar-refractivity contribution in [1.29, 1.82) is 0 Å². The molecule has 0 saturated carbocycles. The van der Waals surface area contributed by atoms with E-state index >= 15 is 0 Å². The van der Waals surface area contributed by atoms with Crippen molar-refractivity contribution in [1.82, 2.24) is 4.31 Å². The second-order valence-corrected chi connectivity index (χ2v) is 6.09. The van der Waals surface area contributed by atoms with Gasteiger partial charge in [0.05, 0.1) is 17.1 Å². The van der Waals surface area contributed by atoms with Crippen LogP contribution in [0.2, 0.25) is 0 Å². The summed E-state index contributed by atoms with van der Waals surface area (Å²) in [6.07, 6.45) is -2.37.